The molecule has 0 aromatic rings. The highest BCUT2D eigenvalue weighted by Gasteiger charge is 2.30. The molecule has 1 rings (SSSR count). The lowest BCUT2D eigenvalue weighted by Gasteiger charge is -2.34. The summed E-state index contributed by atoms with van der Waals surface area (Å²) < 4.78 is 18.8. The van der Waals surface area contributed by atoms with Crippen LogP contribution < -0.4 is 5.90 Å². The third kappa shape index (κ3) is 4.78. The van der Waals surface area contributed by atoms with Crippen LogP contribution in [0.2, 0.25) is 0 Å². The fourth-order valence-corrected chi connectivity index (χ4v) is 2.00. The van der Waals surface area contributed by atoms with Crippen LogP contribution in [0, 0.1) is 5.92 Å². The van der Waals surface area contributed by atoms with E-state index in [1.165, 1.54) is 0 Å². The molecule has 0 aromatic carbocycles. The number of nitrogens with two attached hydrogens (primary N) is 1. The lowest BCUT2D eigenvalue weighted by Crippen LogP contribution is -2.43. The van der Waals surface area contributed by atoms with E-state index in [2.05, 4.69) is 4.84 Å². The van der Waals surface area contributed by atoms with E-state index in [9.17, 15) is 9.18 Å². The highest BCUT2D eigenvalue weighted by atomic mass is 19.1. The summed E-state index contributed by atoms with van der Waals surface area (Å²) in [4.78, 5) is 17.7. The SMILES string of the molecule is CC(C)(C)OC(=O)N1CCC(C(F)CON)CC1. The first-order valence-electron chi connectivity index (χ1n) is 6.27. The van der Waals surface area contributed by atoms with Gasteiger partial charge in [-0.1, -0.05) is 0 Å². The van der Waals surface area contributed by atoms with Crippen molar-refractivity contribution in [1.29, 1.82) is 0 Å². The molecule has 1 amide bonds. The third-order valence-electron chi connectivity index (χ3n) is 2.96. The van der Waals surface area contributed by atoms with Crippen molar-refractivity contribution >= 4 is 6.09 Å². The van der Waals surface area contributed by atoms with E-state index in [4.69, 9.17) is 10.6 Å². The zero-order valence-electron chi connectivity index (χ0n) is 11.3. The molecule has 1 heterocycles. The number of carbonyl (C=O) groups is 1. The van der Waals surface area contributed by atoms with Gasteiger partial charge in [0.25, 0.3) is 0 Å². The Morgan fingerprint density at radius 1 is 1.44 bits per heavy atom. The maximum atomic E-state index is 13.5. The van der Waals surface area contributed by atoms with Crippen LogP contribution >= 0.6 is 0 Å². The van der Waals surface area contributed by atoms with E-state index in [1.54, 1.807) is 4.90 Å². The Morgan fingerprint density at radius 3 is 2.44 bits per heavy atom. The van der Waals surface area contributed by atoms with Gasteiger partial charge in [-0.15, -0.1) is 0 Å². The smallest absolute Gasteiger partial charge is 0.410 e. The van der Waals surface area contributed by atoms with Crippen molar-refractivity contribution in [2.75, 3.05) is 19.7 Å². The minimum absolute atomic E-state index is 0.0862. The number of piperidine rings is 1. The average Bonchev–Trinajstić information content (AvgIpc) is 2.27. The number of carbonyl (C=O) groups excluding carboxylic acids is 1. The molecule has 0 bridgehead atoms. The fraction of sp³-hybridized carbons (Fsp3) is 0.917. The number of alkyl halides is 1. The fourth-order valence-electron chi connectivity index (χ4n) is 2.00. The molecule has 5 nitrogen and oxygen atoms in total. The van der Waals surface area contributed by atoms with Gasteiger partial charge in [0.15, 0.2) is 0 Å². The Balaban J connectivity index is 2.37. The average molecular weight is 262 g/mol. The van der Waals surface area contributed by atoms with Gasteiger partial charge in [-0.05, 0) is 39.5 Å². The van der Waals surface area contributed by atoms with Crippen LogP contribution in [0.4, 0.5) is 9.18 Å². The standard InChI is InChI=1S/C12H23FN2O3/c1-12(2,3)18-11(16)15-6-4-9(5-7-15)10(13)8-17-14/h9-10H,4-8,14H2,1-3H3. The topological polar surface area (TPSA) is 64.8 Å². The minimum Gasteiger partial charge on any atom is -0.444 e. The predicted molar refractivity (Wildman–Crippen MR) is 65.6 cm³/mol. The summed E-state index contributed by atoms with van der Waals surface area (Å²) in [5.41, 5.74) is -0.496. The summed E-state index contributed by atoms with van der Waals surface area (Å²) in [5, 5.41) is 0. The maximum absolute atomic E-state index is 13.5. The number of amides is 1. The summed E-state index contributed by atoms with van der Waals surface area (Å²) in [5.74, 6) is 4.77. The van der Waals surface area contributed by atoms with Gasteiger partial charge in [0.1, 0.15) is 11.8 Å². The quantitative estimate of drug-likeness (QED) is 0.788. The normalized spacial score (nSPS) is 19.7. The number of rotatable bonds is 3. The summed E-state index contributed by atoms with van der Waals surface area (Å²) >= 11 is 0. The summed E-state index contributed by atoms with van der Waals surface area (Å²) in [6.07, 6.45) is -0.157. The Morgan fingerprint density at radius 2 is 2.00 bits per heavy atom. The Hall–Kier alpha value is -0.880. The molecule has 1 saturated heterocycles. The van der Waals surface area contributed by atoms with Crippen LogP contribution in [-0.2, 0) is 9.57 Å². The monoisotopic (exact) mass is 262 g/mol. The van der Waals surface area contributed by atoms with Gasteiger partial charge in [0.2, 0.25) is 0 Å². The number of halogens is 1. The second kappa shape index (κ2) is 6.33. The zero-order chi connectivity index (χ0) is 13.8. The zero-order valence-corrected chi connectivity index (χ0v) is 11.3. The van der Waals surface area contributed by atoms with Crippen molar-refractivity contribution in [2.45, 2.75) is 45.4 Å². The highest BCUT2D eigenvalue weighted by molar-refractivity contribution is 5.68. The van der Waals surface area contributed by atoms with Crippen molar-refractivity contribution in [3.05, 3.63) is 0 Å². The second-order valence-electron chi connectivity index (χ2n) is 5.65. The van der Waals surface area contributed by atoms with Gasteiger partial charge in [-0.25, -0.2) is 15.1 Å². The molecule has 1 fully saturated rings. The molecule has 1 aliphatic heterocycles. The molecule has 2 N–H and O–H groups in total. The molecular weight excluding hydrogens is 239 g/mol. The molecule has 0 spiro atoms. The summed E-state index contributed by atoms with van der Waals surface area (Å²) in [7, 11) is 0. The molecule has 0 saturated carbocycles. The van der Waals surface area contributed by atoms with Crippen molar-refractivity contribution in [2.24, 2.45) is 11.8 Å². The predicted octanol–water partition coefficient (Wildman–Crippen LogP) is 1.86. The van der Waals surface area contributed by atoms with Crippen LogP contribution in [0.15, 0.2) is 0 Å². The largest absolute Gasteiger partial charge is 0.444 e. The lowest BCUT2D eigenvalue weighted by molar-refractivity contribution is 0.00525. The van der Waals surface area contributed by atoms with Crippen LogP contribution in [0.3, 0.4) is 0 Å². The second-order valence-corrected chi connectivity index (χ2v) is 5.65. The van der Waals surface area contributed by atoms with Crippen molar-refractivity contribution in [1.82, 2.24) is 4.90 Å². The Labute approximate surface area is 107 Å². The molecule has 0 aromatic heterocycles. The van der Waals surface area contributed by atoms with Gasteiger partial charge >= 0.3 is 6.09 Å². The maximum Gasteiger partial charge on any atom is 0.410 e. The van der Waals surface area contributed by atoms with E-state index in [0.717, 1.165) is 0 Å². The summed E-state index contributed by atoms with van der Waals surface area (Å²) in [6.45, 7) is 6.43. The van der Waals surface area contributed by atoms with Crippen LogP contribution in [0.1, 0.15) is 33.6 Å². The molecule has 0 aliphatic carbocycles. The number of hydrogen-bond donors (Lipinski definition) is 1. The molecule has 1 unspecified atom stereocenters. The molecule has 1 aliphatic rings. The van der Waals surface area contributed by atoms with E-state index in [1.807, 2.05) is 20.8 Å². The van der Waals surface area contributed by atoms with Gasteiger partial charge in [0, 0.05) is 13.1 Å². The van der Waals surface area contributed by atoms with E-state index < -0.39 is 11.8 Å². The van der Waals surface area contributed by atoms with Crippen molar-refractivity contribution < 1.29 is 18.8 Å². The lowest BCUT2D eigenvalue weighted by atomic mass is 9.93. The van der Waals surface area contributed by atoms with E-state index in [-0.39, 0.29) is 18.6 Å². The van der Waals surface area contributed by atoms with Gasteiger partial charge < -0.3 is 14.5 Å². The molecular formula is C12H23FN2O3. The first-order chi connectivity index (χ1) is 8.33. The first-order valence-corrected chi connectivity index (χ1v) is 6.27. The molecule has 6 heteroatoms. The van der Waals surface area contributed by atoms with Crippen molar-refractivity contribution in [3.63, 3.8) is 0 Å². The van der Waals surface area contributed by atoms with Crippen LogP contribution in [0.25, 0.3) is 0 Å². The third-order valence-corrected chi connectivity index (χ3v) is 2.96. The van der Waals surface area contributed by atoms with Gasteiger partial charge in [0.05, 0.1) is 6.61 Å². The molecule has 0 radical (unpaired) electrons. The Bertz CT molecular complexity index is 273. The van der Waals surface area contributed by atoms with Crippen LogP contribution in [-0.4, -0.2) is 42.5 Å². The Kier molecular flexibility index (Phi) is 5.34. The molecule has 18 heavy (non-hydrogen) atoms. The number of nitrogens with zero attached hydrogens (tertiary/aromatic N) is 1. The van der Waals surface area contributed by atoms with Gasteiger partial charge in [-0.2, -0.15) is 0 Å². The molecule has 106 valence electrons. The van der Waals surface area contributed by atoms with E-state index in [0.29, 0.717) is 25.9 Å². The van der Waals surface area contributed by atoms with Crippen LogP contribution in [0.5, 0.6) is 0 Å². The minimum atomic E-state index is -1.06. The summed E-state index contributed by atoms with van der Waals surface area (Å²) in [6, 6.07) is 0. The number of likely N-dealkylation sites (tertiary alicyclic amines) is 1. The number of ether oxygens (including phenoxy) is 1. The highest BCUT2D eigenvalue weighted by Crippen LogP contribution is 2.24. The van der Waals surface area contributed by atoms with E-state index >= 15 is 0 Å². The first kappa shape index (κ1) is 15.2. The van der Waals surface area contributed by atoms with Gasteiger partial charge in [-0.3, -0.25) is 0 Å². The number of hydrogen-bond acceptors (Lipinski definition) is 4. The van der Waals surface area contributed by atoms with Crippen molar-refractivity contribution in [3.8, 4) is 0 Å². The molecule has 1 atom stereocenters.